The summed E-state index contributed by atoms with van der Waals surface area (Å²) in [5, 5.41) is 5.64. The molecular formula is C31H36N4O4. The van der Waals surface area contributed by atoms with Crippen molar-refractivity contribution in [2.24, 2.45) is 11.8 Å². The van der Waals surface area contributed by atoms with Gasteiger partial charge in [0.2, 0.25) is 5.91 Å². The number of aromatic nitrogens is 2. The summed E-state index contributed by atoms with van der Waals surface area (Å²) in [5.74, 6) is 1.14. The van der Waals surface area contributed by atoms with Crippen molar-refractivity contribution in [3.05, 3.63) is 60.3 Å². The number of carbonyl (C=O) groups is 2. The number of furan rings is 1. The number of ether oxygens (including phenoxy) is 1. The first-order chi connectivity index (χ1) is 18.8. The van der Waals surface area contributed by atoms with E-state index in [1.807, 2.05) is 62.4 Å². The molecule has 0 bridgehead atoms. The van der Waals surface area contributed by atoms with E-state index < -0.39 is 5.97 Å². The van der Waals surface area contributed by atoms with E-state index in [-0.39, 0.29) is 30.0 Å². The van der Waals surface area contributed by atoms with Crippen LogP contribution in [0.2, 0.25) is 0 Å². The Hall–Kier alpha value is -4.07. The predicted octanol–water partition coefficient (Wildman–Crippen LogP) is 6.61. The molecule has 2 aromatic carbocycles. The predicted molar refractivity (Wildman–Crippen MR) is 153 cm³/mol. The maximum absolute atomic E-state index is 13.7. The number of hydrogen-bond donors (Lipinski definition) is 1. The number of nitrogens with zero attached hydrogens (tertiary/aromatic N) is 3. The summed E-state index contributed by atoms with van der Waals surface area (Å²) in [7, 11) is 0. The topological polar surface area (TPSA) is 104 Å². The van der Waals surface area contributed by atoms with Gasteiger partial charge in [-0.3, -0.25) is 9.69 Å². The van der Waals surface area contributed by atoms with Crippen molar-refractivity contribution in [3.63, 3.8) is 0 Å². The number of esters is 1. The quantitative estimate of drug-likeness (QED) is 0.214. The Labute approximate surface area is 228 Å². The fourth-order valence-corrected chi connectivity index (χ4v) is 5.34. The number of anilines is 2. The Morgan fingerprint density at radius 3 is 2.49 bits per heavy atom. The van der Waals surface area contributed by atoms with Crippen LogP contribution < -0.4 is 10.6 Å². The second kappa shape index (κ2) is 11.0. The monoisotopic (exact) mass is 528 g/mol. The molecule has 204 valence electrons. The molecule has 0 radical (unpaired) electrons. The lowest BCUT2D eigenvalue weighted by Gasteiger charge is -2.32. The number of rotatable bonds is 7. The maximum Gasteiger partial charge on any atom is 0.343 e. The summed E-state index contributed by atoms with van der Waals surface area (Å²) < 4.78 is 13.0. The van der Waals surface area contributed by atoms with E-state index in [9.17, 15) is 9.59 Å². The van der Waals surface area contributed by atoms with E-state index in [4.69, 9.17) is 20.0 Å². The fourth-order valence-electron chi connectivity index (χ4n) is 5.34. The Kier molecular flexibility index (Phi) is 7.46. The van der Waals surface area contributed by atoms with Crippen LogP contribution >= 0.6 is 0 Å². The van der Waals surface area contributed by atoms with Crippen molar-refractivity contribution in [3.8, 4) is 17.0 Å². The Balaban J connectivity index is 1.49. The van der Waals surface area contributed by atoms with Gasteiger partial charge in [0.25, 0.3) is 0 Å². The van der Waals surface area contributed by atoms with Gasteiger partial charge in [-0.1, -0.05) is 13.0 Å². The fraction of sp³-hybridized carbons (Fsp3) is 0.387. The van der Waals surface area contributed by atoms with Crippen LogP contribution in [-0.2, 0) is 9.53 Å². The highest BCUT2D eigenvalue weighted by atomic mass is 16.5. The van der Waals surface area contributed by atoms with Crippen molar-refractivity contribution in [2.75, 3.05) is 17.2 Å². The first-order valence-electron chi connectivity index (χ1n) is 13.8. The largest absolute Gasteiger partial charge is 0.462 e. The maximum atomic E-state index is 13.7. The van der Waals surface area contributed by atoms with E-state index >= 15 is 0 Å². The highest BCUT2D eigenvalue weighted by Crippen LogP contribution is 2.34. The molecule has 2 heterocycles. The van der Waals surface area contributed by atoms with Crippen molar-refractivity contribution in [1.82, 2.24) is 9.78 Å². The third-order valence-electron chi connectivity index (χ3n) is 7.55. The Morgan fingerprint density at radius 1 is 1.13 bits per heavy atom. The second-order valence-electron chi connectivity index (χ2n) is 10.7. The first-order valence-corrected chi connectivity index (χ1v) is 13.8. The molecule has 1 aliphatic rings. The van der Waals surface area contributed by atoms with Gasteiger partial charge in [-0.05, 0) is 94.8 Å². The number of carbonyl (C=O) groups excluding carboxylic acids is 2. The van der Waals surface area contributed by atoms with Crippen molar-refractivity contribution >= 4 is 34.4 Å². The Morgan fingerprint density at radius 2 is 1.85 bits per heavy atom. The molecule has 1 fully saturated rings. The van der Waals surface area contributed by atoms with E-state index in [0.29, 0.717) is 23.2 Å². The molecule has 0 saturated heterocycles. The van der Waals surface area contributed by atoms with Gasteiger partial charge in [-0.15, -0.1) is 5.10 Å². The molecule has 8 heteroatoms. The molecule has 1 saturated carbocycles. The molecular weight excluding hydrogens is 492 g/mol. The third-order valence-corrected chi connectivity index (χ3v) is 7.55. The minimum absolute atomic E-state index is 0.0206. The second-order valence-corrected chi connectivity index (χ2v) is 10.7. The zero-order valence-corrected chi connectivity index (χ0v) is 23.0. The standard InChI is InChI=1S/C31H36N4O4/c1-5-38-31(37)25-18-34(33-29(25)35(19(2)3)30(36)22-11-9-20(4)10-12-22)23-15-13-21(14-16-23)28-17-24-26(32)7-6-8-27(24)39-28/h6-8,13-20,22H,5,9-12,32H2,1-4H3. The molecule has 0 aliphatic heterocycles. The van der Waals surface area contributed by atoms with Gasteiger partial charge < -0.3 is 14.9 Å². The molecule has 8 nitrogen and oxygen atoms in total. The van der Waals surface area contributed by atoms with Crippen LogP contribution in [0.1, 0.15) is 63.7 Å². The van der Waals surface area contributed by atoms with Crippen molar-refractivity contribution in [2.45, 2.75) is 59.4 Å². The summed E-state index contributed by atoms with van der Waals surface area (Å²) in [6.45, 7) is 8.13. The molecule has 0 unspecified atom stereocenters. The van der Waals surface area contributed by atoms with Gasteiger partial charge in [0.1, 0.15) is 16.9 Å². The average Bonchev–Trinajstić information content (AvgIpc) is 3.55. The van der Waals surface area contributed by atoms with Crippen LogP contribution in [0, 0.1) is 11.8 Å². The van der Waals surface area contributed by atoms with Gasteiger partial charge in [0.15, 0.2) is 5.82 Å². The normalized spacial score (nSPS) is 17.5. The van der Waals surface area contributed by atoms with E-state index in [0.717, 1.165) is 47.9 Å². The number of amides is 1. The van der Waals surface area contributed by atoms with Gasteiger partial charge in [0, 0.05) is 34.8 Å². The average molecular weight is 529 g/mol. The SMILES string of the molecule is CCOC(=O)c1cn(-c2ccc(-c3cc4c(N)cccc4o3)cc2)nc1N(C(=O)C1CCC(C)CC1)C(C)C. The number of hydrogen-bond acceptors (Lipinski definition) is 6. The molecule has 0 spiro atoms. The minimum Gasteiger partial charge on any atom is -0.462 e. The summed E-state index contributed by atoms with van der Waals surface area (Å²) >= 11 is 0. The smallest absolute Gasteiger partial charge is 0.343 e. The number of fused-ring (bicyclic) bond motifs is 1. The van der Waals surface area contributed by atoms with Crippen LogP contribution in [0.25, 0.3) is 28.0 Å². The highest BCUT2D eigenvalue weighted by molar-refractivity contribution is 6.02. The molecule has 5 rings (SSSR count). The van der Waals surface area contributed by atoms with E-state index in [1.54, 1.807) is 22.7 Å². The highest BCUT2D eigenvalue weighted by Gasteiger charge is 2.34. The lowest BCUT2D eigenvalue weighted by atomic mass is 9.82. The van der Waals surface area contributed by atoms with Gasteiger partial charge in [0.05, 0.1) is 12.3 Å². The van der Waals surface area contributed by atoms with Crippen molar-refractivity contribution < 1.29 is 18.7 Å². The number of nitrogens with two attached hydrogens (primary N) is 1. The van der Waals surface area contributed by atoms with Crippen LogP contribution in [0.3, 0.4) is 0 Å². The third kappa shape index (κ3) is 5.28. The molecule has 2 N–H and O–H groups in total. The van der Waals surface area contributed by atoms with Gasteiger partial charge >= 0.3 is 5.97 Å². The van der Waals surface area contributed by atoms with Crippen LogP contribution in [-0.4, -0.2) is 34.3 Å². The van der Waals surface area contributed by atoms with Crippen LogP contribution in [0.15, 0.2) is 59.1 Å². The van der Waals surface area contributed by atoms with E-state index in [1.165, 1.54) is 0 Å². The molecule has 2 aromatic heterocycles. The minimum atomic E-state index is -0.494. The zero-order valence-electron chi connectivity index (χ0n) is 23.0. The summed E-state index contributed by atoms with van der Waals surface area (Å²) in [5.41, 5.74) is 9.40. The lowest BCUT2D eigenvalue weighted by molar-refractivity contribution is -0.124. The van der Waals surface area contributed by atoms with E-state index in [2.05, 4.69) is 6.92 Å². The van der Waals surface area contributed by atoms with Crippen LogP contribution in [0.5, 0.6) is 0 Å². The molecule has 0 atom stereocenters. The Bertz CT molecular complexity index is 1480. The molecule has 1 aliphatic carbocycles. The summed E-state index contributed by atoms with van der Waals surface area (Å²) in [6.07, 6.45) is 5.42. The van der Waals surface area contributed by atoms with Gasteiger partial charge in [-0.2, -0.15) is 0 Å². The van der Waals surface area contributed by atoms with Gasteiger partial charge in [-0.25, -0.2) is 9.48 Å². The summed E-state index contributed by atoms with van der Waals surface area (Å²) in [6, 6.07) is 15.0. The number of benzene rings is 2. The zero-order chi connectivity index (χ0) is 27.7. The first kappa shape index (κ1) is 26.5. The molecule has 39 heavy (non-hydrogen) atoms. The van der Waals surface area contributed by atoms with Crippen LogP contribution in [0.4, 0.5) is 11.5 Å². The lowest BCUT2D eigenvalue weighted by Crippen LogP contribution is -2.43. The summed E-state index contributed by atoms with van der Waals surface area (Å²) in [4.78, 5) is 28.4. The molecule has 4 aromatic rings. The number of nitrogen functional groups attached to an aromatic ring is 1. The van der Waals surface area contributed by atoms with Crippen molar-refractivity contribution in [1.29, 1.82) is 0 Å². The molecule has 1 amide bonds.